The van der Waals surface area contributed by atoms with E-state index in [4.69, 9.17) is 13.9 Å². The smallest absolute Gasteiger partial charge is 0.335 e. The highest BCUT2D eigenvalue weighted by Gasteiger charge is 2.45. The lowest BCUT2D eigenvalue weighted by molar-refractivity contribution is -0.169. The fourth-order valence-electron chi connectivity index (χ4n) is 3.04. The van der Waals surface area contributed by atoms with Crippen molar-refractivity contribution in [2.75, 3.05) is 19.0 Å². The highest BCUT2D eigenvalue weighted by atomic mass is 32.2. The summed E-state index contributed by atoms with van der Waals surface area (Å²) in [7, 11) is 0. The van der Waals surface area contributed by atoms with Crippen LogP contribution in [-0.2, 0) is 14.3 Å². The summed E-state index contributed by atoms with van der Waals surface area (Å²) in [5, 5.41) is 3.67. The van der Waals surface area contributed by atoms with Crippen molar-refractivity contribution in [1.82, 2.24) is 5.32 Å². The predicted octanol–water partition coefficient (Wildman–Crippen LogP) is 3.29. The summed E-state index contributed by atoms with van der Waals surface area (Å²) in [6.07, 6.45) is 1.49. The van der Waals surface area contributed by atoms with E-state index in [2.05, 4.69) is 10.3 Å². The summed E-state index contributed by atoms with van der Waals surface area (Å²) in [5.74, 6) is -0.229. The number of nitrogens with zero attached hydrogens (tertiary/aromatic N) is 1. The van der Waals surface area contributed by atoms with E-state index in [1.807, 2.05) is 27.7 Å². The van der Waals surface area contributed by atoms with E-state index in [0.717, 1.165) is 6.42 Å². The standard InChI is InChI=1S/C20H30N2O5S/c1-6-10-14(15-11-9-12-16(23)27-15)21-17(24)19(4)13-28-18(22-19)20(5,25-7-2)26-8-3/h9,11-12,14H,6-8,10,13H2,1-5H3,(H,21,24)/t14-,19+/m1/s1. The molecule has 28 heavy (non-hydrogen) atoms. The Morgan fingerprint density at radius 1 is 1.36 bits per heavy atom. The molecule has 2 atom stereocenters. The van der Waals surface area contributed by atoms with E-state index < -0.39 is 17.0 Å². The third-order valence-electron chi connectivity index (χ3n) is 4.49. The van der Waals surface area contributed by atoms with E-state index >= 15 is 0 Å². The molecule has 0 saturated carbocycles. The number of ether oxygens (including phenoxy) is 2. The maximum Gasteiger partial charge on any atom is 0.335 e. The van der Waals surface area contributed by atoms with Crippen molar-refractivity contribution in [3.05, 3.63) is 34.4 Å². The zero-order valence-corrected chi connectivity index (χ0v) is 18.1. The zero-order chi connectivity index (χ0) is 20.8. The molecule has 2 rings (SSSR count). The first-order valence-corrected chi connectivity index (χ1v) is 10.7. The molecule has 1 aliphatic rings. The number of nitrogens with one attached hydrogen (secondary N) is 1. The molecule has 8 heteroatoms. The van der Waals surface area contributed by atoms with E-state index in [1.54, 1.807) is 19.1 Å². The Labute approximate surface area is 170 Å². The molecular formula is C20H30N2O5S. The minimum atomic E-state index is -0.957. The zero-order valence-electron chi connectivity index (χ0n) is 17.2. The van der Waals surface area contributed by atoms with Crippen molar-refractivity contribution in [2.45, 2.75) is 64.8 Å². The molecule has 0 fully saturated rings. The maximum absolute atomic E-state index is 13.1. The van der Waals surface area contributed by atoms with Crippen LogP contribution in [0.25, 0.3) is 0 Å². The second kappa shape index (κ2) is 9.71. The van der Waals surface area contributed by atoms with Gasteiger partial charge in [-0.25, -0.2) is 4.79 Å². The van der Waals surface area contributed by atoms with E-state index in [0.29, 0.717) is 36.2 Å². The SMILES string of the molecule is CCC[C@@H](NC(=O)[C@]1(C)CSC(C(C)(OCC)OCC)=N1)c1cccc(=O)o1. The molecule has 0 unspecified atom stereocenters. The number of thioether (sulfide) groups is 1. The summed E-state index contributed by atoms with van der Waals surface area (Å²) in [6.45, 7) is 10.4. The third kappa shape index (κ3) is 5.24. The highest BCUT2D eigenvalue weighted by Crippen LogP contribution is 2.35. The van der Waals surface area contributed by atoms with E-state index in [-0.39, 0.29) is 11.9 Å². The number of carbonyl (C=O) groups excluding carboxylic acids is 1. The highest BCUT2D eigenvalue weighted by molar-refractivity contribution is 8.14. The first-order chi connectivity index (χ1) is 13.3. The van der Waals surface area contributed by atoms with Gasteiger partial charge in [0.2, 0.25) is 11.7 Å². The van der Waals surface area contributed by atoms with Gasteiger partial charge in [-0.05, 0) is 40.2 Å². The Kier molecular flexibility index (Phi) is 7.86. The normalized spacial score (nSPS) is 20.7. The average molecular weight is 411 g/mol. The van der Waals surface area contributed by atoms with Crippen LogP contribution in [-0.4, -0.2) is 41.2 Å². The fourth-order valence-corrected chi connectivity index (χ4v) is 4.30. The Balaban J connectivity index is 2.22. The Morgan fingerprint density at radius 2 is 2.04 bits per heavy atom. The molecule has 7 nitrogen and oxygen atoms in total. The molecule has 156 valence electrons. The lowest BCUT2D eigenvalue weighted by atomic mass is 10.0. The van der Waals surface area contributed by atoms with Gasteiger partial charge in [-0.1, -0.05) is 19.4 Å². The van der Waals surface area contributed by atoms with Crippen LogP contribution in [0.5, 0.6) is 0 Å². The van der Waals surface area contributed by atoms with Crippen LogP contribution in [0, 0.1) is 0 Å². The van der Waals surface area contributed by atoms with Crippen molar-refractivity contribution < 1.29 is 18.7 Å². The topological polar surface area (TPSA) is 90.1 Å². The van der Waals surface area contributed by atoms with Crippen molar-refractivity contribution in [1.29, 1.82) is 0 Å². The van der Waals surface area contributed by atoms with Gasteiger partial charge in [0.15, 0.2) is 0 Å². The molecule has 1 aromatic heterocycles. The van der Waals surface area contributed by atoms with Crippen molar-refractivity contribution >= 4 is 22.7 Å². The van der Waals surface area contributed by atoms with Gasteiger partial charge in [0.05, 0.1) is 6.04 Å². The van der Waals surface area contributed by atoms with Gasteiger partial charge in [0.25, 0.3) is 0 Å². The Hall–Kier alpha value is -1.64. The van der Waals surface area contributed by atoms with Crippen molar-refractivity contribution in [3.8, 4) is 0 Å². The molecule has 0 saturated heterocycles. The van der Waals surface area contributed by atoms with Crippen LogP contribution >= 0.6 is 11.8 Å². The minimum absolute atomic E-state index is 0.213. The van der Waals surface area contributed by atoms with Crippen LogP contribution in [0.4, 0.5) is 0 Å². The fraction of sp³-hybridized carbons (Fsp3) is 0.650. The minimum Gasteiger partial charge on any atom is -0.426 e. The van der Waals surface area contributed by atoms with Crippen LogP contribution < -0.4 is 10.9 Å². The van der Waals surface area contributed by atoms with E-state index in [9.17, 15) is 9.59 Å². The lowest BCUT2D eigenvalue weighted by Gasteiger charge is -2.28. The molecule has 0 aliphatic carbocycles. The van der Waals surface area contributed by atoms with Crippen LogP contribution in [0.2, 0.25) is 0 Å². The molecule has 0 aromatic carbocycles. The molecule has 1 aromatic rings. The number of carbonyl (C=O) groups is 1. The monoisotopic (exact) mass is 410 g/mol. The molecule has 0 spiro atoms. The van der Waals surface area contributed by atoms with Crippen LogP contribution in [0.15, 0.2) is 32.4 Å². The van der Waals surface area contributed by atoms with Gasteiger partial charge in [-0.3, -0.25) is 9.79 Å². The van der Waals surface area contributed by atoms with Crippen LogP contribution in [0.3, 0.4) is 0 Å². The summed E-state index contributed by atoms with van der Waals surface area (Å²) < 4.78 is 16.8. The second-order valence-electron chi connectivity index (χ2n) is 6.96. The summed E-state index contributed by atoms with van der Waals surface area (Å²) >= 11 is 1.47. The largest absolute Gasteiger partial charge is 0.426 e. The van der Waals surface area contributed by atoms with Gasteiger partial charge in [-0.15, -0.1) is 11.8 Å². The summed E-state index contributed by atoms with van der Waals surface area (Å²) in [5.41, 5.74) is -1.38. The number of hydrogen-bond acceptors (Lipinski definition) is 7. The Bertz CT molecular complexity index is 757. The van der Waals surface area contributed by atoms with Gasteiger partial charge < -0.3 is 19.2 Å². The van der Waals surface area contributed by atoms with E-state index in [1.165, 1.54) is 17.8 Å². The maximum atomic E-state index is 13.1. The van der Waals surface area contributed by atoms with Gasteiger partial charge in [-0.2, -0.15) is 0 Å². The van der Waals surface area contributed by atoms with Gasteiger partial charge in [0, 0.05) is 25.0 Å². The number of aliphatic imine (C=N–C) groups is 1. The quantitative estimate of drug-likeness (QED) is 0.595. The molecule has 1 amide bonds. The average Bonchev–Trinajstić information content (AvgIpc) is 3.06. The molecule has 1 aliphatic heterocycles. The summed E-state index contributed by atoms with van der Waals surface area (Å²) in [4.78, 5) is 29.3. The molecule has 1 N–H and O–H groups in total. The van der Waals surface area contributed by atoms with Gasteiger partial charge >= 0.3 is 5.63 Å². The van der Waals surface area contributed by atoms with Crippen molar-refractivity contribution in [2.24, 2.45) is 4.99 Å². The summed E-state index contributed by atoms with van der Waals surface area (Å²) in [6, 6.07) is 4.32. The molecule has 0 bridgehead atoms. The predicted molar refractivity (Wildman–Crippen MR) is 111 cm³/mol. The second-order valence-corrected chi connectivity index (χ2v) is 7.92. The lowest BCUT2D eigenvalue weighted by Crippen LogP contribution is -2.45. The Morgan fingerprint density at radius 3 is 2.61 bits per heavy atom. The number of rotatable bonds is 10. The molecule has 0 radical (unpaired) electrons. The number of amides is 1. The third-order valence-corrected chi connectivity index (χ3v) is 5.93. The van der Waals surface area contributed by atoms with Crippen molar-refractivity contribution in [3.63, 3.8) is 0 Å². The molecule has 2 heterocycles. The van der Waals surface area contributed by atoms with Crippen LogP contribution in [0.1, 0.15) is 59.3 Å². The van der Waals surface area contributed by atoms with Gasteiger partial charge in [0.1, 0.15) is 16.3 Å². The molecular weight excluding hydrogens is 380 g/mol. The first kappa shape index (κ1) is 22.6. The number of hydrogen-bond donors (Lipinski definition) is 1. The first-order valence-electron chi connectivity index (χ1n) is 9.70.